The Morgan fingerprint density at radius 1 is 1.10 bits per heavy atom. The van der Waals surface area contributed by atoms with Gasteiger partial charge in [0.15, 0.2) is 5.75 Å². The third-order valence-electron chi connectivity index (χ3n) is 3.27. The molecule has 0 aromatic heterocycles. The molecule has 0 spiro atoms. The Morgan fingerprint density at radius 2 is 1.71 bits per heavy atom. The Kier molecular flexibility index (Phi) is 5.92. The normalized spacial score (nSPS) is 12.2. The zero-order valence-corrected chi connectivity index (χ0v) is 13.5. The number of rotatable bonds is 6. The van der Waals surface area contributed by atoms with E-state index in [0.29, 0.717) is 22.4 Å². The number of halogens is 2. The highest BCUT2D eigenvalue weighted by Crippen LogP contribution is 2.36. The molecule has 0 aliphatic carbocycles. The maximum absolute atomic E-state index is 6.28. The van der Waals surface area contributed by atoms with E-state index in [1.807, 2.05) is 42.5 Å². The molecule has 21 heavy (non-hydrogen) atoms. The van der Waals surface area contributed by atoms with Crippen molar-refractivity contribution in [2.24, 2.45) is 5.73 Å². The second kappa shape index (κ2) is 7.69. The zero-order chi connectivity index (χ0) is 15.2. The summed E-state index contributed by atoms with van der Waals surface area (Å²) in [6, 6.07) is 13.5. The average Bonchev–Trinajstić information content (AvgIpc) is 2.47. The van der Waals surface area contributed by atoms with Crippen molar-refractivity contribution >= 4 is 23.2 Å². The minimum absolute atomic E-state index is 0.0480. The van der Waals surface area contributed by atoms with E-state index in [0.717, 1.165) is 24.0 Å². The summed E-state index contributed by atoms with van der Waals surface area (Å²) in [5, 5.41) is 1.000. The van der Waals surface area contributed by atoms with Crippen molar-refractivity contribution in [3.05, 3.63) is 63.6 Å². The van der Waals surface area contributed by atoms with Crippen LogP contribution in [0.4, 0.5) is 0 Å². The van der Waals surface area contributed by atoms with Crippen LogP contribution in [0, 0.1) is 0 Å². The maximum atomic E-state index is 6.28. The molecule has 0 fully saturated rings. The molecule has 2 N–H and O–H groups in total. The number of hydrogen-bond donors (Lipinski definition) is 1. The van der Waals surface area contributed by atoms with Gasteiger partial charge in [-0.25, -0.2) is 0 Å². The highest BCUT2D eigenvalue weighted by molar-refractivity contribution is 6.37. The molecule has 1 atom stereocenters. The predicted molar refractivity (Wildman–Crippen MR) is 89.1 cm³/mol. The van der Waals surface area contributed by atoms with Crippen molar-refractivity contribution in [3.63, 3.8) is 0 Å². The monoisotopic (exact) mass is 323 g/mol. The van der Waals surface area contributed by atoms with Gasteiger partial charge in [-0.3, -0.25) is 0 Å². The van der Waals surface area contributed by atoms with Crippen molar-refractivity contribution < 1.29 is 4.74 Å². The van der Waals surface area contributed by atoms with E-state index < -0.39 is 0 Å². The van der Waals surface area contributed by atoms with Gasteiger partial charge < -0.3 is 10.5 Å². The largest absolute Gasteiger partial charge is 0.486 e. The molecule has 0 heterocycles. The van der Waals surface area contributed by atoms with Crippen LogP contribution in [0.25, 0.3) is 0 Å². The zero-order valence-electron chi connectivity index (χ0n) is 12.0. The molecule has 0 amide bonds. The molecule has 112 valence electrons. The van der Waals surface area contributed by atoms with Crippen LogP contribution in [0.3, 0.4) is 0 Å². The number of nitrogens with two attached hydrogens (primary N) is 1. The van der Waals surface area contributed by atoms with E-state index in [9.17, 15) is 0 Å². The molecule has 0 saturated carbocycles. The van der Waals surface area contributed by atoms with Crippen molar-refractivity contribution in [1.82, 2.24) is 0 Å². The quantitative estimate of drug-likeness (QED) is 0.775. The summed E-state index contributed by atoms with van der Waals surface area (Å²) in [5.41, 5.74) is 8.11. The minimum Gasteiger partial charge on any atom is -0.486 e. The molecule has 0 aliphatic rings. The topological polar surface area (TPSA) is 35.2 Å². The first-order valence-corrected chi connectivity index (χ1v) is 7.78. The van der Waals surface area contributed by atoms with E-state index in [1.54, 1.807) is 0 Å². The molecular weight excluding hydrogens is 305 g/mol. The molecule has 4 heteroatoms. The summed E-state index contributed by atoms with van der Waals surface area (Å²) in [5.74, 6) is 0.509. The van der Waals surface area contributed by atoms with E-state index in [2.05, 4.69) is 6.92 Å². The van der Waals surface area contributed by atoms with Gasteiger partial charge in [0.25, 0.3) is 0 Å². The second-order valence-corrected chi connectivity index (χ2v) is 5.80. The Labute approximate surface area is 135 Å². The van der Waals surface area contributed by atoms with Crippen LogP contribution in [0.5, 0.6) is 5.75 Å². The predicted octanol–water partition coefficient (Wildman–Crippen LogP) is 5.37. The van der Waals surface area contributed by atoms with Crippen LogP contribution in [0.15, 0.2) is 42.5 Å². The SMILES string of the molecule is CCCC(N)c1cc(Cl)c(OCc2ccccc2)c(Cl)c1. The Bertz CT molecular complexity index is 564. The van der Waals surface area contributed by atoms with Gasteiger partial charge in [0.2, 0.25) is 0 Å². The van der Waals surface area contributed by atoms with E-state index in [4.69, 9.17) is 33.7 Å². The summed E-state index contributed by atoms with van der Waals surface area (Å²) in [4.78, 5) is 0. The fourth-order valence-electron chi connectivity index (χ4n) is 2.14. The number of ether oxygens (including phenoxy) is 1. The molecule has 2 nitrogen and oxygen atoms in total. The lowest BCUT2D eigenvalue weighted by Crippen LogP contribution is -2.10. The van der Waals surface area contributed by atoms with Crippen LogP contribution in [-0.2, 0) is 6.61 Å². The lowest BCUT2D eigenvalue weighted by atomic mass is 10.0. The lowest BCUT2D eigenvalue weighted by Gasteiger charge is -2.15. The van der Waals surface area contributed by atoms with Crippen molar-refractivity contribution in [1.29, 1.82) is 0 Å². The first-order chi connectivity index (χ1) is 10.1. The van der Waals surface area contributed by atoms with Gasteiger partial charge in [-0.05, 0) is 29.7 Å². The molecular formula is C17H19Cl2NO. The number of hydrogen-bond acceptors (Lipinski definition) is 2. The van der Waals surface area contributed by atoms with Gasteiger partial charge in [-0.2, -0.15) is 0 Å². The third kappa shape index (κ3) is 4.37. The highest BCUT2D eigenvalue weighted by atomic mass is 35.5. The Morgan fingerprint density at radius 3 is 2.29 bits per heavy atom. The first-order valence-electron chi connectivity index (χ1n) is 7.03. The fraction of sp³-hybridized carbons (Fsp3) is 0.294. The summed E-state index contributed by atoms with van der Waals surface area (Å²) >= 11 is 12.6. The molecule has 0 radical (unpaired) electrons. The smallest absolute Gasteiger partial charge is 0.156 e. The fourth-order valence-corrected chi connectivity index (χ4v) is 2.75. The Hall–Kier alpha value is -1.22. The maximum Gasteiger partial charge on any atom is 0.156 e. The second-order valence-electron chi connectivity index (χ2n) is 4.98. The molecule has 0 bridgehead atoms. The molecule has 2 aromatic rings. The van der Waals surface area contributed by atoms with Gasteiger partial charge in [0.1, 0.15) is 6.61 Å². The molecule has 2 aromatic carbocycles. The molecule has 2 rings (SSSR count). The van der Waals surface area contributed by atoms with Gasteiger partial charge in [0.05, 0.1) is 10.0 Å². The van der Waals surface area contributed by atoms with Crippen LogP contribution >= 0.6 is 23.2 Å². The highest BCUT2D eigenvalue weighted by Gasteiger charge is 2.13. The summed E-state index contributed by atoms with van der Waals surface area (Å²) < 4.78 is 5.74. The lowest BCUT2D eigenvalue weighted by molar-refractivity contribution is 0.306. The molecule has 1 unspecified atom stereocenters. The third-order valence-corrected chi connectivity index (χ3v) is 3.84. The summed E-state index contributed by atoms with van der Waals surface area (Å²) in [6.07, 6.45) is 1.92. The first kappa shape index (κ1) is 16.2. The van der Waals surface area contributed by atoms with E-state index in [1.165, 1.54) is 0 Å². The van der Waals surface area contributed by atoms with Crippen LogP contribution in [0.1, 0.15) is 36.9 Å². The van der Waals surface area contributed by atoms with Gasteiger partial charge in [-0.1, -0.05) is 66.9 Å². The van der Waals surface area contributed by atoms with Crippen molar-refractivity contribution in [2.75, 3.05) is 0 Å². The van der Waals surface area contributed by atoms with Gasteiger partial charge in [-0.15, -0.1) is 0 Å². The van der Waals surface area contributed by atoms with E-state index in [-0.39, 0.29) is 6.04 Å². The minimum atomic E-state index is -0.0480. The van der Waals surface area contributed by atoms with Gasteiger partial charge in [0, 0.05) is 6.04 Å². The summed E-state index contributed by atoms with van der Waals surface area (Å²) in [7, 11) is 0. The molecule has 0 aliphatic heterocycles. The number of benzene rings is 2. The average molecular weight is 324 g/mol. The molecule has 0 saturated heterocycles. The standard InChI is InChI=1S/C17H19Cl2NO/c1-2-6-16(20)13-9-14(18)17(15(19)10-13)21-11-12-7-4-3-5-8-12/h3-5,7-10,16H,2,6,11,20H2,1H3. The van der Waals surface area contributed by atoms with Crippen molar-refractivity contribution in [2.45, 2.75) is 32.4 Å². The van der Waals surface area contributed by atoms with Crippen LogP contribution < -0.4 is 10.5 Å². The van der Waals surface area contributed by atoms with Crippen LogP contribution in [0.2, 0.25) is 10.0 Å². The van der Waals surface area contributed by atoms with Gasteiger partial charge >= 0.3 is 0 Å². The Balaban J connectivity index is 2.13. The summed E-state index contributed by atoms with van der Waals surface area (Å²) in [6.45, 7) is 2.53. The van der Waals surface area contributed by atoms with E-state index >= 15 is 0 Å². The van der Waals surface area contributed by atoms with Crippen molar-refractivity contribution in [3.8, 4) is 5.75 Å². The van der Waals surface area contributed by atoms with Crippen LogP contribution in [-0.4, -0.2) is 0 Å².